The number of amides is 1. The molecule has 0 aliphatic carbocycles. The number of aromatic nitrogens is 3. The number of nitrogen functional groups attached to an aromatic ring is 1. The van der Waals surface area contributed by atoms with Crippen LogP contribution in [0.3, 0.4) is 0 Å². The summed E-state index contributed by atoms with van der Waals surface area (Å²) in [5.74, 6) is 0.853. The lowest BCUT2D eigenvalue weighted by atomic mass is 10.2. The Balaban J connectivity index is 1.92. The average molecular weight is 295 g/mol. The minimum atomic E-state index is -0.198. The first-order valence-electron chi connectivity index (χ1n) is 7.06. The Hall–Kier alpha value is -2.89. The molecule has 0 atom stereocenters. The van der Waals surface area contributed by atoms with Crippen LogP contribution in [0.15, 0.2) is 42.6 Å². The zero-order valence-electron chi connectivity index (χ0n) is 12.4. The van der Waals surface area contributed by atoms with Crippen molar-refractivity contribution in [1.82, 2.24) is 14.6 Å². The lowest BCUT2D eigenvalue weighted by Crippen LogP contribution is -2.13. The van der Waals surface area contributed by atoms with Gasteiger partial charge in [-0.2, -0.15) is 0 Å². The molecule has 0 aliphatic heterocycles. The molecule has 2 heterocycles. The van der Waals surface area contributed by atoms with Gasteiger partial charge in [-0.15, -0.1) is 10.2 Å². The van der Waals surface area contributed by atoms with Crippen molar-refractivity contribution >= 4 is 22.9 Å². The zero-order chi connectivity index (χ0) is 15.7. The molecule has 3 rings (SSSR count). The van der Waals surface area contributed by atoms with Gasteiger partial charge in [0, 0.05) is 23.5 Å². The van der Waals surface area contributed by atoms with Crippen LogP contribution in [0.25, 0.3) is 5.65 Å². The van der Waals surface area contributed by atoms with Gasteiger partial charge in [-0.1, -0.05) is 19.9 Å². The van der Waals surface area contributed by atoms with Gasteiger partial charge in [-0.05, 0) is 30.3 Å². The minimum absolute atomic E-state index is 0.198. The standard InChI is InChI=1S/C16H17N5O/c1-10(2)15-20-19-14-7-6-11(9-21(14)15)16(22)18-13-5-3-4-12(17)8-13/h3-10H,17H2,1-2H3,(H,18,22). The number of anilines is 2. The predicted octanol–water partition coefficient (Wildman–Crippen LogP) is 2.69. The van der Waals surface area contributed by atoms with Crippen LogP contribution in [0.1, 0.15) is 35.9 Å². The zero-order valence-corrected chi connectivity index (χ0v) is 12.4. The largest absolute Gasteiger partial charge is 0.399 e. The highest BCUT2D eigenvalue weighted by Crippen LogP contribution is 2.16. The second-order valence-corrected chi connectivity index (χ2v) is 5.44. The van der Waals surface area contributed by atoms with Crippen molar-refractivity contribution in [3.63, 3.8) is 0 Å². The average Bonchev–Trinajstić information content (AvgIpc) is 2.90. The number of hydrogen-bond donors (Lipinski definition) is 2. The molecule has 0 saturated carbocycles. The molecule has 2 aromatic heterocycles. The summed E-state index contributed by atoms with van der Waals surface area (Å²) in [6, 6.07) is 10.6. The Morgan fingerprint density at radius 2 is 2.05 bits per heavy atom. The summed E-state index contributed by atoms with van der Waals surface area (Å²) in [7, 11) is 0. The molecular formula is C16H17N5O. The molecule has 6 nitrogen and oxygen atoms in total. The lowest BCUT2D eigenvalue weighted by Gasteiger charge is -2.07. The minimum Gasteiger partial charge on any atom is -0.399 e. The van der Waals surface area contributed by atoms with Gasteiger partial charge < -0.3 is 11.1 Å². The third-order valence-electron chi connectivity index (χ3n) is 3.35. The van der Waals surface area contributed by atoms with E-state index in [1.165, 1.54) is 0 Å². The molecule has 0 aliphatic rings. The number of fused-ring (bicyclic) bond motifs is 1. The van der Waals surface area contributed by atoms with E-state index in [1.807, 2.05) is 18.2 Å². The summed E-state index contributed by atoms with van der Waals surface area (Å²) in [6.45, 7) is 4.08. The maximum Gasteiger partial charge on any atom is 0.257 e. The summed E-state index contributed by atoms with van der Waals surface area (Å²) in [4.78, 5) is 12.4. The molecule has 1 aromatic carbocycles. The van der Waals surface area contributed by atoms with Gasteiger partial charge in [0.25, 0.3) is 5.91 Å². The van der Waals surface area contributed by atoms with Gasteiger partial charge in [0.2, 0.25) is 0 Å². The van der Waals surface area contributed by atoms with Crippen molar-refractivity contribution in [2.24, 2.45) is 0 Å². The molecule has 0 radical (unpaired) electrons. The fourth-order valence-corrected chi connectivity index (χ4v) is 2.26. The van der Waals surface area contributed by atoms with Crippen molar-refractivity contribution < 1.29 is 4.79 Å². The highest BCUT2D eigenvalue weighted by Gasteiger charge is 2.12. The molecule has 0 spiro atoms. The van der Waals surface area contributed by atoms with Crippen LogP contribution in [0.4, 0.5) is 11.4 Å². The first-order chi connectivity index (χ1) is 10.5. The fourth-order valence-electron chi connectivity index (χ4n) is 2.26. The highest BCUT2D eigenvalue weighted by molar-refractivity contribution is 6.04. The third kappa shape index (κ3) is 2.63. The molecule has 3 N–H and O–H groups in total. The van der Waals surface area contributed by atoms with E-state index in [2.05, 4.69) is 15.5 Å². The van der Waals surface area contributed by atoms with Crippen LogP contribution in [0, 0.1) is 0 Å². The van der Waals surface area contributed by atoms with E-state index in [9.17, 15) is 4.79 Å². The van der Waals surface area contributed by atoms with Crippen LogP contribution in [0.5, 0.6) is 0 Å². The molecule has 0 saturated heterocycles. The van der Waals surface area contributed by atoms with E-state index < -0.39 is 0 Å². The Morgan fingerprint density at radius 1 is 1.23 bits per heavy atom. The number of nitrogens with zero attached hydrogens (tertiary/aromatic N) is 3. The second kappa shape index (κ2) is 5.48. The molecule has 1 amide bonds. The third-order valence-corrected chi connectivity index (χ3v) is 3.35. The van der Waals surface area contributed by atoms with Crippen LogP contribution in [-0.4, -0.2) is 20.5 Å². The summed E-state index contributed by atoms with van der Waals surface area (Å²) in [6.07, 6.45) is 1.76. The van der Waals surface area contributed by atoms with Crippen LogP contribution in [0.2, 0.25) is 0 Å². The fraction of sp³-hybridized carbons (Fsp3) is 0.188. The monoisotopic (exact) mass is 295 g/mol. The molecular weight excluding hydrogens is 278 g/mol. The number of nitrogens with two attached hydrogens (primary N) is 1. The van der Waals surface area contributed by atoms with Gasteiger partial charge in [0.15, 0.2) is 5.65 Å². The molecule has 0 fully saturated rings. The van der Waals surface area contributed by atoms with Gasteiger partial charge in [0.1, 0.15) is 5.82 Å². The molecule has 22 heavy (non-hydrogen) atoms. The van der Waals surface area contributed by atoms with Crippen molar-refractivity contribution in [3.8, 4) is 0 Å². The maximum absolute atomic E-state index is 12.4. The quantitative estimate of drug-likeness (QED) is 0.727. The number of carbonyl (C=O) groups excluding carboxylic acids is 1. The molecule has 0 bridgehead atoms. The summed E-state index contributed by atoms with van der Waals surface area (Å²) in [5.41, 5.74) is 8.25. The van der Waals surface area contributed by atoms with E-state index in [1.54, 1.807) is 42.6 Å². The normalized spacial score (nSPS) is 11.0. The number of hydrogen-bond acceptors (Lipinski definition) is 4. The van der Waals surface area contributed by atoms with Crippen molar-refractivity contribution in [2.75, 3.05) is 11.1 Å². The highest BCUT2D eigenvalue weighted by atomic mass is 16.1. The van der Waals surface area contributed by atoms with Gasteiger partial charge in [-0.25, -0.2) is 0 Å². The Morgan fingerprint density at radius 3 is 2.77 bits per heavy atom. The van der Waals surface area contributed by atoms with Gasteiger partial charge >= 0.3 is 0 Å². The Labute approximate surface area is 128 Å². The van der Waals surface area contributed by atoms with Crippen LogP contribution >= 0.6 is 0 Å². The molecule has 112 valence electrons. The number of benzene rings is 1. The van der Waals surface area contributed by atoms with E-state index >= 15 is 0 Å². The predicted molar refractivity (Wildman–Crippen MR) is 85.9 cm³/mol. The second-order valence-electron chi connectivity index (χ2n) is 5.44. The number of pyridine rings is 1. The molecule has 6 heteroatoms. The van der Waals surface area contributed by atoms with Crippen LogP contribution in [-0.2, 0) is 0 Å². The summed E-state index contributed by atoms with van der Waals surface area (Å²) >= 11 is 0. The lowest BCUT2D eigenvalue weighted by molar-refractivity contribution is 0.102. The number of rotatable bonds is 3. The Kier molecular flexibility index (Phi) is 3.50. The molecule has 0 unspecified atom stereocenters. The van der Waals surface area contributed by atoms with E-state index in [-0.39, 0.29) is 11.8 Å². The van der Waals surface area contributed by atoms with E-state index in [0.717, 1.165) is 11.5 Å². The number of nitrogens with one attached hydrogen (secondary N) is 1. The van der Waals surface area contributed by atoms with E-state index in [4.69, 9.17) is 5.73 Å². The SMILES string of the molecule is CC(C)c1nnc2ccc(C(=O)Nc3cccc(N)c3)cn12. The van der Waals surface area contributed by atoms with Crippen molar-refractivity contribution in [2.45, 2.75) is 19.8 Å². The van der Waals surface area contributed by atoms with Crippen LogP contribution < -0.4 is 11.1 Å². The smallest absolute Gasteiger partial charge is 0.257 e. The van der Waals surface area contributed by atoms with Gasteiger partial charge in [-0.3, -0.25) is 9.20 Å². The summed E-state index contributed by atoms with van der Waals surface area (Å²) < 4.78 is 1.85. The Bertz CT molecular complexity index is 837. The van der Waals surface area contributed by atoms with E-state index in [0.29, 0.717) is 16.9 Å². The summed E-state index contributed by atoms with van der Waals surface area (Å²) in [5, 5.41) is 11.1. The maximum atomic E-state index is 12.4. The van der Waals surface area contributed by atoms with Crippen molar-refractivity contribution in [1.29, 1.82) is 0 Å². The molecule has 3 aromatic rings. The van der Waals surface area contributed by atoms with Gasteiger partial charge in [0.05, 0.1) is 5.56 Å². The first kappa shape index (κ1) is 14.1. The first-order valence-corrected chi connectivity index (χ1v) is 7.06. The topological polar surface area (TPSA) is 85.3 Å². The number of carbonyl (C=O) groups is 1. The van der Waals surface area contributed by atoms with Crippen molar-refractivity contribution in [3.05, 3.63) is 54.0 Å².